The van der Waals surface area contributed by atoms with Crippen LogP contribution in [-0.4, -0.2) is 12.3 Å². The van der Waals surface area contributed by atoms with Gasteiger partial charge in [-0.3, -0.25) is 4.99 Å². The molecule has 0 amide bonds. The number of fused-ring (bicyclic) bond motifs is 1. The summed E-state index contributed by atoms with van der Waals surface area (Å²) in [7, 11) is 0. The standard InChI is InChI=1S/C16H15BrN2/c1-12-10-19(11-13-5-4-6-14(17)9-13)16-8-3-2-7-15(16)18-12/h2-9H,10-11H2,1H3. The van der Waals surface area contributed by atoms with Crippen molar-refractivity contribution in [3.05, 3.63) is 58.6 Å². The predicted molar refractivity (Wildman–Crippen MR) is 84.4 cm³/mol. The van der Waals surface area contributed by atoms with Crippen molar-refractivity contribution in [1.82, 2.24) is 0 Å². The second kappa shape index (κ2) is 5.17. The second-order valence-electron chi connectivity index (χ2n) is 4.82. The monoisotopic (exact) mass is 314 g/mol. The molecule has 1 heterocycles. The third-order valence-electron chi connectivity index (χ3n) is 3.22. The number of halogens is 1. The fourth-order valence-corrected chi connectivity index (χ4v) is 2.87. The molecule has 1 aliphatic heterocycles. The van der Waals surface area contributed by atoms with Gasteiger partial charge in [0.15, 0.2) is 0 Å². The van der Waals surface area contributed by atoms with Crippen LogP contribution in [0.25, 0.3) is 0 Å². The number of benzene rings is 2. The molecule has 0 saturated heterocycles. The molecule has 0 atom stereocenters. The molecular formula is C16H15BrN2. The van der Waals surface area contributed by atoms with Gasteiger partial charge in [-0.1, -0.05) is 40.2 Å². The number of rotatable bonds is 2. The van der Waals surface area contributed by atoms with E-state index in [2.05, 4.69) is 75.2 Å². The summed E-state index contributed by atoms with van der Waals surface area (Å²) in [6.07, 6.45) is 0. The van der Waals surface area contributed by atoms with E-state index in [4.69, 9.17) is 0 Å². The maximum absolute atomic E-state index is 4.62. The first-order valence-electron chi connectivity index (χ1n) is 6.35. The highest BCUT2D eigenvalue weighted by atomic mass is 79.9. The molecule has 2 aromatic rings. The van der Waals surface area contributed by atoms with Crippen LogP contribution in [0.2, 0.25) is 0 Å². The maximum Gasteiger partial charge on any atom is 0.0863 e. The van der Waals surface area contributed by atoms with Gasteiger partial charge in [0.2, 0.25) is 0 Å². The lowest BCUT2D eigenvalue weighted by Gasteiger charge is -2.29. The van der Waals surface area contributed by atoms with Crippen LogP contribution in [0.3, 0.4) is 0 Å². The van der Waals surface area contributed by atoms with Crippen molar-refractivity contribution in [3.8, 4) is 0 Å². The van der Waals surface area contributed by atoms with E-state index < -0.39 is 0 Å². The minimum Gasteiger partial charge on any atom is -0.360 e. The molecule has 0 aromatic heterocycles. The van der Waals surface area contributed by atoms with Crippen LogP contribution in [0, 0.1) is 0 Å². The number of aliphatic imine (C=N–C) groups is 1. The molecule has 1 aliphatic rings. The molecule has 3 rings (SSSR count). The smallest absolute Gasteiger partial charge is 0.0863 e. The molecular weight excluding hydrogens is 300 g/mol. The molecule has 0 saturated carbocycles. The van der Waals surface area contributed by atoms with Gasteiger partial charge in [0.1, 0.15) is 0 Å². The van der Waals surface area contributed by atoms with Crippen molar-refractivity contribution in [3.63, 3.8) is 0 Å². The Morgan fingerprint density at radius 1 is 1.16 bits per heavy atom. The van der Waals surface area contributed by atoms with E-state index in [0.717, 1.165) is 29.0 Å². The second-order valence-corrected chi connectivity index (χ2v) is 5.74. The average molecular weight is 315 g/mol. The molecule has 2 aromatic carbocycles. The van der Waals surface area contributed by atoms with E-state index in [-0.39, 0.29) is 0 Å². The normalized spacial score (nSPS) is 14.0. The van der Waals surface area contributed by atoms with Crippen LogP contribution >= 0.6 is 15.9 Å². The van der Waals surface area contributed by atoms with Crippen molar-refractivity contribution < 1.29 is 0 Å². The van der Waals surface area contributed by atoms with Crippen LogP contribution < -0.4 is 4.90 Å². The third kappa shape index (κ3) is 2.71. The number of para-hydroxylation sites is 2. The molecule has 0 aliphatic carbocycles. The molecule has 0 unspecified atom stereocenters. The minimum absolute atomic E-state index is 0.892. The molecule has 3 heteroatoms. The van der Waals surface area contributed by atoms with Crippen molar-refractivity contribution >= 4 is 33.0 Å². The van der Waals surface area contributed by atoms with Gasteiger partial charge in [-0.25, -0.2) is 0 Å². The summed E-state index contributed by atoms with van der Waals surface area (Å²) in [5.41, 5.74) is 4.75. The fourth-order valence-electron chi connectivity index (χ4n) is 2.43. The van der Waals surface area contributed by atoms with Gasteiger partial charge in [-0.2, -0.15) is 0 Å². The highest BCUT2D eigenvalue weighted by Crippen LogP contribution is 2.32. The van der Waals surface area contributed by atoms with Crippen molar-refractivity contribution in [2.75, 3.05) is 11.4 Å². The SMILES string of the molecule is CC1=Nc2ccccc2N(Cc2cccc(Br)c2)C1. The van der Waals surface area contributed by atoms with Crippen LogP contribution in [0.15, 0.2) is 58.0 Å². The Morgan fingerprint density at radius 2 is 2.00 bits per heavy atom. The molecule has 0 spiro atoms. The summed E-state index contributed by atoms with van der Waals surface area (Å²) in [4.78, 5) is 7.00. The van der Waals surface area contributed by atoms with Gasteiger partial charge >= 0.3 is 0 Å². The van der Waals surface area contributed by atoms with E-state index in [1.807, 2.05) is 6.07 Å². The minimum atomic E-state index is 0.892. The maximum atomic E-state index is 4.62. The summed E-state index contributed by atoms with van der Waals surface area (Å²) < 4.78 is 1.13. The molecule has 0 N–H and O–H groups in total. The Hall–Kier alpha value is -1.61. The van der Waals surface area contributed by atoms with E-state index in [0.29, 0.717) is 0 Å². The van der Waals surface area contributed by atoms with Crippen molar-refractivity contribution in [1.29, 1.82) is 0 Å². The van der Waals surface area contributed by atoms with Crippen molar-refractivity contribution in [2.24, 2.45) is 4.99 Å². The van der Waals surface area contributed by atoms with E-state index in [1.54, 1.807) is 0 Å². The predicted octanol–water partition coefficient (Wildman–Crippen LogP) is 4.56. The lowest BCUT2D eigenvalue weighted by atomic mass is 10.1. The van der Waals surface area contributed by atoms with E-state index >= 15 is 0 Å². The summed E-state index contributed by atoms with van der Waals surface area (Å²) in [6.45, 7) is 3.89. The van der Waals surface area contributed by atoms with Gasteiger partial charge in [-0.15, -0.1) is 0 Å². The molecule has 2 nitrogen and oxygen atoms in total. The molecule has 0 radical (unpaired) electrons. The summed E-state index contributed by atoms with van der Waals surface area (Å²) >= 11 is 3.53. The van der Waals surface area contributed by atoms with Crippen molar-refractivity contribution in [2.45, 2.75) is 13.5 Å². The van der Waals surface area contributed by atoms with Gasteiger partial charge in [0.05, 0.1) is 17.9 Å². The Labute approximate surface area is 121 Å². The van der Waals surface area contributed by atoms with Gasteiger partial charge in [-0.05, 0) is 36.8 Å². The number of hydrogen-bond donors (Lipinski definition) is 0. The van der Waals surface area contributed by atoms with Crippen LogP contribution in [-0.2, 0) is 6.54 Å². The van der Waals surface area contributed by atoms with Gasteiger partial charge in [0.25, 0.3) is 0 Å². The number of anilines is 1. The highest BCUT2D eigenvalue weighted by Gasteiger charge is 2.16. The summed E-state index contributed by atoms with van der Waals surface area (Å²) in [5.74, 6) is 0. The number of nitrogens with zero attached hydrogens (tertiary/aromatic N) is 2. The molecule has 96 valence electrons. The first-order chi connectivity index (χ1) is 9.22. The summed E-state index contributed by atoms with van der Waals surface area (Å²) in [6, 6.07) is 16.8. The Balaban J connectivity index is 1.92. The van der Waals surface area contributed by atoms with Crippen LogP contribution in [0.1, 0.15) is 12.5 Å². The lowest BCUT2D eigenvalue weighted by Crippen LogP contribution is -2.30. The number of hydrogen-bond acceptors (Lipinski definition) is 2. The molecule has 19 heavy (non-hydrogen) atoms. The van der Waals surface area contributed by atoms with Crippen LogP contribution in [0.5, 0.6) is 0 Å². The zero-order chi connectivity index (χ0) is 13.2. The van der Waals surface area contributed by atoms with E-state index in [1.165, 1.54) is 11.3 Å². The molecule has 0 fully saturated rings. The zero-order valence-corrected chi connectivity index (χ0v) is 12.4. The first kappa shape index (κ1) is 12.4. The Kier molecular flexibility index (Phi) is 3.38. The lowest BCUT2D eigenvalue weighted by molar-refractivity contribution is 0.871. The quantitative estimate of drug-likeness (QED) is 0.793. The zero-order valence-electron chi connectivity index (χ0n) is 10.8. The Morgan fingerprint density at radius 3 is 2.84 bits per heavy atom. The van der Waals surface area contributed by atoms with Gasteiger partial charge < -0.3 is 4.90 Å². The summed E-state index contributed by atoms with van der Waals surface area (Å²) in [5, 5.41) is 0. The Bertz CT molecular complexity index is 634. The van der Waals surface area contributed by atoms with E-state index in [9.17, 15) is 0 Å². The average Bonchev–Trinajstić information content (AvgIpc) is 2.38. The molecule has 0 bridgehead atoms. The fraction of sp³-hybridized carbons (Fsp3) is 0.188. The third-order valence-corrected chi connectivity index (χ3v) is 3.71. The van der Waals surface area contributed by atoms with Gasteiger partial charge in [0, 0.05) is 16.7 Å². The largest absolute Gasteiger partial charge is 0.360 e. The topological polar surface area (TPSA) is 15.6 Å². The van der Waals surface area contributed by atoms with Crippen LogP contribution in [0.4, 0.5) is 11.4 Å². The highest BCUT2D eigenvalue weighted by molar-refractivity contribution is 9.10. The first-order valence-corrected chi connectivity index (χ1v) is 7.14.